The molecule has 4 nitrogen and oxygen atoms in total. The second-order valence-electron chi connectivity index (χ2n) is 2.84. The van der Waals surface area contributed by atoms with Gasteiger partial charge >= 0.3 is 0 Å². The second kappa shape index (κ2) is 3.42. The molecule has 1 N–H and O–H groups in total. The van der Waals surface area contributed by atoms with Crippen LogP contribution >= 0.6 is 15.9 Å². The fourth-order valence-corrected chi connectivity index (χ4v) is 1.39. The molecule has 0 aliphatic rings. The van der Waals surface area contributed by atoms with Crippen LogP contribution in [0.25, 0.3) is 11.5 Å². The number of nitrogens with zero attached hydrogens (tertiary/aromatic N) is 1. The number of aryl methyl sites for hydroxylation is 1. The van der Waals surface area contributed by atoms with E-state index in [0.29, 0.717) is 15.9 Å². The summed E-state index contributed by atoms with van der Waals surface area (Å²) in [7, 11) is 0. The summed E-state index contributed by atoms with van der Waals surface area (Å²) in [6.45, 7) is 1.85. The van der Waals surface area contributed by atoms with E-state index in [1.807, 2.05) is 19.1 Å². The molecule has 0 spiro atoms. The Morgan fingerprint density at radius 2 is 2.29 bits per heavy atom. The first-order valence-corrected chi connectivity index (χ1v) is 4.78. The minimum absolute atomic E-state index is 0.253. The summed E-state index contributed by atoms with van der Waals surface area (Å²) in [5.74, 6) is 1.45. The van der Waals surface area contributed by atoms with Gasteiger partial charge in [0.15, 0.2) is 5.76 Å². The van der Waals surface area contributed by atoms with Crippen LogP contribution in [0.3, 0.4) is 0 Å². The van der Waals surface area contributed by atoms with Gasteiger partial charge < -0.3 is 4.42 Å². The predicted octanol–water partition coefficient (Wildman–Crippen LogP) is 2.10. The number of rotatable bonds is 1. The van der Waals surface area contributed by atoms with Crippen molar-refractivity contribution in [3.63, 3.8) is 0 Å². The topological polar surface area (TPSA) is 58.9 Å². The van der Waals surface area contributed by atoms with Crippen LogP contribution < -0.4 is 5.56 Å². The van der Waals surface area contributed by atoms with E-state index in [4.69, 9.17) is 4.42 Å². The van der Waals surface area contributed by atoms with E-state index in [1.54, 1.807) is 6.07 Å². The number of aromatic nitrogens is 2. The van der Waals surface area contributed by atoms with Gasteiger partial charge in [-0.1, -0.05) is 0 Å². The standard InChI is InChI=1S/C9H7BrN2O2/c1-5-2-3-8(14-5)7-4-6(10)9(13)12-11-7/h2-4H,1H3,(H,12,13). The fraction of sp³-hybridized carbons (Fsp3) is 0.111. The van der Waals surface area contributed by atoms with Crippen molar-refractivity contribution in [2.24, 2.45) is 0 Å². The Balaban J connectivity index is 2.52. The highest BCUT2D eigenvalue weighted by atomic mass is 79.9. The number of nitrogens with one attached hydrogen (secondary N) is 1. The number of hydrogen-bond acceptors (Lipinski definition) is 3. The van der Waals surface area contributed by atoms with Crippen molar-refractivity contribution in [3.05, 3.63) is 38.8 Å². The molecule has 0 saturated carbocycles. The van der Waals surface area contributed by atoms with E-state index in [1.165, 1.54) is 0 Å². The van der Waals surface area contributed by atoms with E-state index in [-0.39, 0.29) is 5.56 Å². The minimum atomic E-state index is -0.253. The number of H-pyrrole nitrogens is 1. The van der Waals surface area contributed by atoms with Crippen molar-refractivity contribution in [1.82, 2.24) is 10.2 Å². The third kappa shape index (κ3) is 1.63. The van der Waals surface area contributed by atoms with Gasteiger partial charge in [-0.2, -0.15) is 5.10 Å². The molecule has 2 rings (SSSR count). The summed E-state index contributed by atoms with van der Waals surface area (Å²) in [5.41, 5.74) is 0.349. The van der Waals surface area contributed by atoms with Crippen LogP contribution in [0.2, 0.25) is 0 Å². The normalized spacial score (nSPS) is 10.4. The Bertz CT molecular complexity index is 516. The number of hydrogen-bond donors (Lipinski definition) is 1. The molecule has 2 aromatic heterocycles. The molecular formula is C9H7BrN2O2. The molecule has 0 bridgehead atoms. The van der Waals surface area contributed by atoms with Crippen molar-refractivity contribution < 1.29 is 4.42 Å². The van der Waals surface area contributed by atoms with Gasteiger partial charge in [-0.05, 0) is 41.1 Å². The Kier molecular flexibility index (Phi) is 2.25. The maximum Gasteiger partial charge on any atom is 0.278 e. The monoisotopic (exact) mass is 254 g/mol. The lowest BCUT2D eigenvalue weighted by Crippen LogP contribution is -2.08. The summed E-state index contributed by atoms with van der Waals surface area (Å²) < 4.78 is 5.80. The molecule has 0 amide bonds. The van der Waals surface area contributed by atoms with Gasteiger partial charge in [-0.15, -0.1) is 0 Å². The molecule has 0 fully saturated rings. The second-order valence-corrected chi connectivity index (χ2v) is 3.69. The first-order chi connectivity index (χ1) is 6.66. The molecule has 0 aliphatic heterocycles. The molecule has 0 saturated heterocycles. The average molecular weight is 255 g/mol. The highest BCUT2D eigenvalue weighted by molar-refractivity contribution is 9.10. The van der Waals surface area contributed by atoms with Gasteiger partial charge in [0.2, 0.25) is 0 Å². The van der Waals surface area contributed by atoms with Gasteiger partial charge in [0.25, 0.3) is 5.56 Å². The zero-order valence-corrected chi connectivity index (χ0v) is 8.96. The summed E-state index contributed by atoms with van der Waals surface area (Å²) in [6, 6.07) is 5.27. The van der Waals surface area contributed by atoms with Crippen LogP contribution in [0.5, 0.6) is 0 Å². The molecule has 0 aromatic carbocycles. The quantitative estimate of drug-likeness (QED) is 0.848. The smallest absolute Gasteiger partial charge is 0.278 e. The predicted molar refractivity (Wildman–Crippen MR) is 55.0 cm³/mol. The lowest BCUT2D eigenvalue weighted by molar-refractivity contribution is 0.545. The third-order valence-electron chi connectivity index (χ3n) is 1.75. The summed E-state index contributed by atoms with van der Waals surface area (Å²) in [6.07, 6.45) is 0. The minimum Gasteiger partial charge on any atom is -0.460 e. The van der Waals surface area contributed by atoms with E-state index < -0.39 is 0 Å². The first kappa shape index (κ1) is 9.21. The Labute approximate surface area is 88.1 Å². The lowest BCUT2D eigenvalue weighted by atomic mass is 10.3. The van der Waals surface area contributed by atoms with Crippen molar-refractivity contribution in [1.29, 1.82) is 0 Å². The SMILES string of the molecule is Cc1ccc(-c2cc(Br)c(=O)[nH]n2)o1. The van der Waals surface area contributed by atoms with E-state index in [0.717, 1.165) is 5.76 Å². The third-order valence-corrected chi connectivity index (χ3v) is 2.34. The van der Waals surface area contributed by atoms with Gasteiger partial charge in [-0.3, -0.25) is 4.79 Å². The molecule has 2 heterocycles. The van der Waals surface area contributed by atoms with Crippen molar-refractivity contribution >= 4 is 15.9 Å². The molecule has 0 radical (unpaired) electrons. The molecule has 0 aliphatic carbocycles. The summed E-state index contributed by atoms with van der Waals surface area (Å²) >= 11 is 3.12. The number of aromatic amines is 1. The molecule has 0 atom stereocenters. The van der Waals surface area contributed by atoms with Crippen LogP contribution in [0.15, 0.2) is 31.9 Å². The first-order valence-electron chi connectivity index (χ1n) is 3.99. The van der Waals surface area contributed by atoms with Gasteiger partial charge in [0.05, 0.1) is 4.47 Å². The van der Waals surface area contributed by atoms with Crippen LogP contribution in [-0.2, 0) is 0 Å². The molecular weight excluding hydrogens is 248 g/mol. The Morgan fingerprint density at radius 1 is 1.50 bits per heavy atom. The Hall–Kier alpha value is -1.36. The summed E-state index contributed by atoms with van der Waals surface area (Å²) in [5, 5.41) is 6.22. The van der Waals surface area contributed by atoms with E-state index in [2.05, 4.69) is 26.1 Å². The van der Waals surface area contributed by atoms with Crippen LogP contribution in [-0.4, -0.2) is 10.2 Å². The van der Waals surface area contributed by atoms with Crippen molar-refractivity contribution in [3.8, 4) is 11.5 Å². The zero-order chi connectivity index (χ0) is 10.1. The maximum absolute atomic E-state index is 11.0. The van der Waals surface area contributed by atoms with Gasteiger partial charge in [0.1, 0.15) is 11.5 Å². The molecule has 2 aromatic rings. The van der Waals surface area contributed by atoms with Crippen molar-refractivity contribution in [2.45, 2.75) is 6.92 Å². The molecule has 72 valence electrons. The largest absolute Gasteiger partial charge is 0.460 e. The van der Waals surface area contributed by atoms with Crippen LogP contribution in [0.1, 0.15) is 5.76 Å². The highest BCUT2D eigenvalue weighted by Crippen LogP contribution is 2.20. The zero-order valence-electron chi connectivity index (χ0n) is 7.37. The number of furan rings is 1. The fourth-order valence-electron chi connectivity index (χ4n) is 1.08. The lowest BCUT2D eigenvalue weighted by Gasteiger charge is -1.95. The van der Waals surface area contributed by atoms with E-state index in [9.17, 15) is 4.79 Å². The van der Waals surface area contributed by atoms with Crippen molar-refractivity contribution in [2.75, 3.05) is 0 Å². The van der Waals surface area contributed by atoms with Gasteiger partial charge in [-0.25, -0.2) is 5.10 Å². The van der Waals surface area contributed by atoms with Gasteiger partial charge in [0, 0.05) is 0 Å². The van der Waals surface area contributed by atoms with Crippen LogP contribution in [0.4, 0.5) is 0 Å². The van der Waals surface area contributed by atoms with E-state index >= 15 is 0 Å². The molecule has 0 unspecified atom stereocenters. The molecule has 14 heavy (non-hydrogen) atoms. The molecule has 5 heteroatoms. The maximum atomic E-state index is 11.0. The summed E-state index contributed by atoms with van der Waals surface area (Å²) in [4.78, 5) is 11.0. The van der Waals surface area contributed by atoms with Crippen LogP contribution in [0, 0.1) is 6.92 Å². The highest BCUT2D eigenvalue weighted by Gasteiger charge is 2.06. The number of halogens is 1. The average Bonchev–Trinajstić information content (AvgIpc) is 2.57. The Morgan fingerprint density at radius 3 is 2.86 bits per heavy atom.